The quantitative estimate of drug-likeness (QED) is 0.303. The number of guanidine groups is 1. The number of rotatable bonds is 7. The average molecular weight is 575 g/mol. The van der Waals surface area contributed by atoms with Crippen LogP contribution in [0.2, 0.25) is 0 Å². The molecule has 2 aliphatic rings. The van der Waals surface area contributed by atoms with Crippen LogP contribution in [0, 0.1) is 5.92 Å². The molecule has 1 saturated heterocycles. The third-order valence-electron chi connectivity index (χ3n) is 6.41. The van der Waals surface area contributed by atoms with Crippen molar-refractivity contribution in [2.24, 2.45) is 10.9 Å². The van der Waals surface area contributed by atoms with Crippen LogP contribution in [0.15, 0.2) is 59.6 Å². The van der Waals surface area contributed by atoms with E-state index in [9.17, 15) is 9.59 Å². The predicted octanol–water partition coefficient (Wildman–Crippen LogP) is 2.84. The van der Waals surface area contributed by atoms with Crippen molar-refractivity contribution in [1.82, 2.24) is 15.5 Å². The number of carbonyl (C=O) groups excluding carboxylic acids is 2. The van der Waals surface area contributed by atoms with Crippen LogP contribution in [0.3, 0.4) is 0 Å². The highest BCUT2D eigenvalue weighted by molar-refractivity contribution is 14.0. The molecule has 0 aromatic heterocycles. The van der Waals surface area contributed by atoms with E-state index >= 15 is 0 Å². The van der Waals surface area contributed by atoms with Crippen LogP contribution in [-0.2, 0) is 22.4 Å². The lowest BCUT2D eigenvalue weighted by molar-refractivity contribution is -0.127. The first-order valence-corrected chi connectivity index (χ1v) is 11.8. The Hall–Kier alpha value is -2.62. The molecule has 182 valence electrons. The summed E-state index contributed by atoms with van der Waals surface area (Å²) in [7, 11) is 1.70. The fourth-order valence-corrected chi connectivity index (χ4v) is 4.62. The molecule has 2 heterocycles. The van der Waals surface area contributed by atoms with Gasteiger partial charge in [0.05, 0.1) is 6.54 Å². The fourth-order valence-electron chi connectivity index (χ4n) is 4.62. The normalized spacial score (nSPS) is 17.7. The molecule has 4 rings (SSSR count). The number of aliphatic imine (C=N–C) groups is 1. The van der Waals surface area contributed by atoms with E-state index in [1.807, 2.05) is 46.2 Å². The zero-order valence-electron chi connectivity index (χ0n) is 19.7. The van der Waals surface area contributed by atoms with Crippen molar-refractivity contribution in [3.63, 3.8) is 0 Å². The van der Waals surface area contributed by atoms with Crippen LogP contribution >= 0.6 is 24.0 Å². The van der Waals surface area contributed by atoms with Gasteiger partial charge in [-0.1, -0.05) is 48.5 Å². The molecule has 1 unspecified atom stereocenters. The first kappa shape index (κ1) is 26.0. The molecule has 0 spiro atoms. The highest BCUT2D eigenvalue weighted by atomic mass is 127. The van der Waals surface area contributed by atoms with Crippen molar-refractivity contribution in [1.29, 1.82) is 0 Å². The van der Waals surface area contributed by atoms with Crippen molar-refractivity contribution in [2.75, 3.05) is 44.7 Å². The minimum Gasteiger partial charge on any atom is -0.356 e. The number of anilines is 1. The number of amides is 2. The summed E-state index contributed by atoms with van der Waals surface area (Å²) in [5.74, 6) is 1.06. The summed E-state index contributed by atoms with van der Waals surface area (Å²) in [5, 5.41) is 6.43. The molecule has 8 heteroatoms. The van der Waals surface area contributed by atoms with Crippen LogP contribution in [-0.4, -0.2) is 62.4 Å². The Balaban J connectivity index is 0.00000324. The topological polar surface area (TPSA) is 77.0 Å². The van der Waals surface area contributed by atoms with Gasteiger partial charge in [-0.05, 0) is 36.5 Å². The molecule has 2 amide bonds. The second-order valence-corrected chi connectivity index (χ2v) is 8.73. The minimum absolute atomic E-state index is 0. The van der Waals surface area contributed by atoms with Gasteiger partial charge in [-0.25, -0.2) is 0 Å². The van der Waals surface area contributed by atoms with Crippen molar-refractivity contribution >= 4 is 47.4 Å². The van der Waals surface area contributed by atoms with E-state index in [-0.39, 0.29) is 48.3 Å². The number of hydrogen-bond acceptors (Lipinski definition) is 3. The molecule has 34 heavy (non-hydrogen) atoms. The Labute approximate surface area is 219 Å². The molecule has 2 aromatic carbocycles. The lowest BCUT2D eigenvalue weighted by Crippen LogP contribution is -2.47. The molecule has 2 aliphatic heterocycles. The Bertz CT molecular complexity index is 998. The second-order valence-electron chi connectivity index (χ2n) is 8.73. The molecule has 0 aliphatic carbocycles. The first-order chi connectivity index (χ1) is 16.1. The third-order valence-corrected chi connectivity index (χ3v) is 6.41. The molecule has 1 atom stereocenters. The Morgan fingerprint density at radius 3 is 2.65 bits per heavy atom. The average Bonchev–Trinajstić information content (AvgIpc) is 3.22. The second kappa shape index (κ2) is 12.7. The first-order valence-electron chi connectivity index (χ1n) is 11.8. The summed E-state index contributed by atoms with van der Waals surface area (Å²) in [5.41, 5.74) is 3.48. The van der Waals surface area contributed by atoms with Crippen LogP contribution in [0.4, 0.5) is 5.69 Å². The molecular formula is C26H34IN5O2. The summed E-state index contributed by atoms with van der Waals surface area (Å²) in [6.07, 6.45) is 3.41. The SMILES string of the molecule is CN=C(NCC(=O)N1CCCc2ccccc21)NCC1CC(=O)N(CCc2ccccc2)C1.I. The summed E-state index contributed by atoms with van der Waals surface area (Å²) in [4.78, 5) is 33.3. The fraction of sp³-hybridized carbons (Fsp3) is 0.423. The van der Waals surface area contributed by atoms with E-state index < -0.39 is 0 Å². The lowest BCUT2D eigenvalue weighted by Gasteiger charge is -2.29. The maximum atomic E-state index is 12.8. The standard InChI is InChI=1S/C26H33N5O2.HI/c1-27-26(29-18-25(33)31-14-7-11-22-10-5-6-12-23(22)31)28-17-21-16-24(32)30(19-21)15-13-20-8-3-2-4-9-20;/h2-6,8-10,12,21H,7,11,13-19H2,1H3,(H2,27,28,29);1H. The monoisotopic (exact) mass is 575 g/mol. The maximum absolute atomic E-state index is 12.8. The van der Waals surface area contributed by atoms with Gasteiger partial charge in [0.1, 0.15) is 0 Å². The summed E-state index contributed by atoms with van der Waals surface area (Å²) in [6.45, 7) is 3.07. The van der Waals surface area contributed by atoms with Crippen molar-refractivity contribution in [2.45, 2.75) is 25.7 Å². The Morgan fingerprint density at radius 2 is 1.85 bits per heavy atom. The van der Waals surface area contributed by atoms with Crippen LogP contribution in [0.25, 0.3) is 0 Å². The van der Waals surface area contributed by atoms with E-state index in [4.69, 9.17) is 0 Å². The van der Waals surface area contributed by atoms with Gasteiger partial charge < -0.3 is 20.4 Å². The zero-order valence-corrected chi connectivity index (χ0v) is 22.0. The van der Waals surface area contributed by atoms with Crippen molar-refractivity contribution in [3.05, 3.63) is 65.7 Å². The molecule has 0 bridgehead atoms. The van der Waals surface area contributed by atoms with Crippen LogP contribution in [0.5, 0.6) is 0 Å². The Kier molecular flexibility index (Phi) is 9.74. The predicted molar refractivity (Wildman–Crippen MR) is 147 cm³/mol. The van der Waals surface area contributed by atoms with Gasteiger partial charge in [0.2, 0.25) is 11.8 Å². The van der Waals surface area contributed by atoms with Gasteiger partial charge in [-0.15, -0.1) is 24.0 Å². The number of hydrogen-bond donors (Lipinski definition) is 2. The smallest absolute Gasteiger partial charge is 0.246 e. The zero-order chi connectivity index (χ0) is 23.0. The lowest BCUT2D eigenvalue weighted by atomic mass is 10.0. The number of nitrogens with one attached hydrogen (secondary N) is 2. The molecule has 0 saturated carbocycles. The molecule has 2 N–H and O–H groups in total. The van der Waals surface area contributed by atoms with Crippen molar-refractivity contribution in [3.8, 4) is 0 Å². The van der Waals surface area contributed by atoms with Gasteiger partial charge in [0.25, 0.3) is 0 Å². The molecule has 0 radical (unpaired) electrons. The van der Waals surface area contributed by atoms with Gasteiger partial charge in [0, 0.05) is 51.3 Å². The number of fused-ring (bicyclic) bond motifs is 1. The van der Waals surface area contributed by atoms with Gasteiger partial charge in [-0.2, -0.15) is 0 Å². The molecule has 2 aromatic rings. The highest BCUT2D eigenvalue weighted by Crippen LogP contribution is 2.26. The summed E-state index contributed by atoms with van der Waals surface area (Å²) in [6, 6.07) is 18.4. The van der Waals surface area contributed by atoms with E-state index in [0.29, 0.717) is 18.9 Å². The van der Waals surface area contributed by atoms with Gasteiger partial charge >= 0.3 is 0 Å². The number of likely N-dealkylation sites (tertiary alicyclic amines) is 1. The molecular weight excluding hydrogens is 541 g/mol. The van der Waals surface area contributed by atoms with E-state index in [2.05, 4.69) is 33.8 Å². The number of benzene rings is 2. The van der Waals surface area contributed by atoms with E-state index in [0.717, 1.165) is 44.6 Å². The summed E-state index contributed by atoms with van der Waals surface area (Å²) >= 11 is 0. The van der Waals surface area contributed by atoms with E-state index in [1.54, 1.807) is 7.05 Å². The number of halogens is 1. The molecule has 1 fully saturated rings. The largest absolute Gasteiger partial charge is 0.356 e. The molecule has 7 nitrogen and oxygen atoms in total. The minimum atomic E-state index is 0. The number of para-hydroxylation sites is 1. The number of nitrogens with zero attached hydrogens (tertiary/aromatic N) is 3. The van der Waals surface area contributed by atoms with Gasteiger partial charge in [-0.3, -0.25) is 14.6 Å². The number of aryl methyl sites for hydroxylation is 1. The third kappa shape index (κ3) is 6.71. The van der Waals surface area contributed by atoms with Crippen molar-refractivity contribution < 1.29 is 9.59 Å². The van der Waals surface area contributed by atoms with Crippen LogP contribution < -0.4 is 15.5 Å². The van der Waals surface area contributed by atoms with Crippen LogP contribution in [0.1, 0.15) is 24.0 Å². The summed E-state index contributed by atoms with van der Waals surface area (Å²) < 4.78 is 0. The number of carbonyl (C=O) groups is 2. The maximum Gasteiger partial charge on any atom is 0.246 e. The Morgan fingerprint density at radius 1 is 1.09 bits per heavy atom. The highest BCUT2D eigenvalue weighted by Gasteiger charge is 2.29. The van der Waals surface area contributed by atoms with E-state index in [1.165, 1.54) is 11.1 Å². The van der Waals surface area contributed by atoms with Gasteiger partial charge in [0.15, 0.2) is 5.96 Å².